The molecule has 152 valence electrons. The molecule has 0 saturated carbocycles. The van der Waals surface area contributed by atoms with Gasteiger partial charge in [0.25, 0.3) is 0 Å². The third kappa shape index (κ3) is 5.17. The Morgan fingerprint density at radius 3 is 2.55 bits per heavy atom. The minimum atomic E-state index is -4.46. The van der Waals surface area contributed by atoms with Crippen LogP contribution in [0.15, 0.2) is 57.5 Å². The molecule has 0 aliphatic heterocycles. The van der Waals surface area contributed by atoms with Gasteiger partial charge in [0, 0.05) is 16.5 Å². The Kier molecular flexibility index (Phi) is 6.26. The van der Waals surface area contributed by atoms with Crippen LogP contribution in [0.3, 0.4) is 0 Å². The predicted molar refractivity (Wildman–Crippen MR) is 104 cm³/mol. The van der Waals surface area contributed by atoms with Crippen LogP contribution in [0.2, 0.25) is 0 Å². The van der Waals surface area contributed by atoms with Crippen LogP contribution in [-0.2, 0) is 17.3 Å². The van der Waals surface area contributed by atoms with Crippen molar-refractivity contribution in [1.29, 1.82) is 0 Å². The van der Waals surface area contributed by atoms with Gasteiger partial charge in [-0.1, -0.05) is 39.3 Å². The Bertz CT molecular complexity index is 1000. The van der Waals surface area contributed by atoms with E-state index in [-0.39, 0.29) is 18.6 Å². The number of hydrogen-bond donors (Lipinski definition) is 1. The number of carbonyl (C=O) groups excluding carboxylic acids is 1. The number of anilines is 1. The van der Waals surface area contributed by atoms with Crippen molar-refractivity contribution < 1.29 is 27.2 Å². The molecule has 0 unspecified atom stereocenters. The molecule has 0 spiro atoms. The van der Waals surface area contributed by atoms with Crippen LogP contribution in [0.5, 0.6) is 0 Å². The average Bonchev–Trinajstić information content (AvgIpc) is 3.02. The SMILES string of the molecule is Cc1noc(-c2ccc(Br)cc2)c1NC(=O)OCCc1ccccc1C(F)(F)F. The van der Waals surface area contributed by atoms with Crippen LogP contribution in [0.25, 0.3) is 11.3 Å². The second-order valence-electron chi connectivity index (χ2n) is 6.14. The van der Waals surface area contributed by atoms with Crippen molar-refractivity contribution in [2.75, 3.05) is 11.9 Å². The van der Waals surface area contributed by atoms with E-state index in [0.717, 1.165) is 10.5 Å². The van der Waals surface area contributed by atoms with Gasteiger partial charge in [-0.05, 0) is 42.8 Å². The molecule has 0 bridgehead atoms. The lowest BCUT2D eigenvalue weighted by molar-refractivity contribution is -0.138. The van der Waals surface area contributed by atoms with E-state index in [1.807, 2.05) is 12.1 Å². The van der Waals surface area contributed by atoms with Crippen LogP contribution in [0, 0.1) is 6.92 Å². The van der Waals surface area contributed by atoms with Crippen molar-refractivity contribution >= 4 is 27.7 Å². The van der Waals surface area contributed by atoms with Crippen molar-refractivity contribution in [3.8, 4) is 11.3 Å². The largest absolute Gasteiger partial charge is 0.449 e. The Hall–Kier alpha value is -2.81. The normalized spacial score (nSPS) is 11.3. The van der Waals surface area contributed by atoms with E-state index in [1.54, 1.807) is 19.1 Å². The molecule has 2 aromatic carbocycles. The van der Waals surface area contributed by atoms with Gasteiger partial charge in [-0.3, -0.25) is 5.32 Å². The molecule has 1 heterocycles. The number of benzene rings is 2. The highest BCUT2D eigenvalue weighted by atomic mass is 79.9. The highest BCUT2D eigenvalue weighted by Gasteiger charge is 2.32. The molecular formula is C20H16BrF3N2O3. The predicted octanol–water partition coefficient (Wildman–Crippen LogP) is 6.22. The summed E-state index contributed by atoms with van der Waals surface area (Å²) in [6.07, 6.45) is -5.33. The van der Waals surface area contributed by atoms with Crippen molar-refractivity contribution in [2.45, 2.75) is 19.5 Å². The number of ether oxygens (including phenoxy) is 1. The van der Waals surface area contributed by atoms with Gasteiger partial charge in [0.05, 0.1) is 12.2 Å². The topological polar surface area (TPSA) is 64.4 Å². The number of rotatable bonds is 5. The van der Waals surface area contributed by atoms with E-state index >= 15 is 0 Å². The quantitative estimate of drug-likeness (QED) is 0.482. The third-order valence-electron chi connectivity index (χ3n) is 4.12. The number of aromatic nitrogens is 1. The third-order valence-corrected chi connectivity index (χ3v) is 4.65. The molecular weight excluding hydrogens is 453 g/mol. The number of alkyl halides is 3. The fraction of sp³-hybridized carbons (Fsp3) is 0.200. The molecule has 1 amide bonds. The lowest BCUT2D eigenvalue weighted by Gasteiger charge is -2.13. The maximum absolute atomic E-state index is 13.0. The van der Waals surface area contributed by atoms with E-state index in [4.69, 9.17) is 9.26 Å². The summed E-state index contributed by atoms with van der Waals surface area (Å²) in [5.74, 6) is 0.356. The molecule has 29 heavy (non-hydrogen) atoms. The highest BCUT2D eigenvalue weighted by molar-refractivity contribution is 9.10. The molecule has 0 saturated heterocycles. The van der Waals surface area contributed by atoms with Crippen LogP contribution >= 0.6 is 15.9 Å². The number of aryl methyl sites for hydroxylation is 1. The summed E-state index contributed by atoms with van der Waals surface area (Å²) in [5, 5.41) is 6.40. The molecule has 0 radical (unpaired) electrons. The second-order valence-corrected chi connectivity index (χ2v) is 7.06. The maximum atomic E-state index is 13.0. The highest BCUT2D eigenvalue weighted by Crippen LogP contribution is 2.33. The summed E-state index contributed by atoms with van der Waals surface area (Å²) in [6, 6.07) is 12.4. The molecule has 1 N–H and O–H groups in total. The summed E-state index contributed by atoms with van der Waals surface area (Å²) in [5.41, 5.74) is 0.805. The van der Waals surface area contributed by atoms with Gasteiger partial charge in [-0.25, -0.2) is 4.79 Å². The molecule has 1 aromatic heterocycles. The lowest BCUT2D eigenvalue weighted by Crippen LogP contribution is -2.17. The number of amides is 1. The molecule has 5 nitrogen and oxygen atoms in total. The Balaban J connectivity index is 1.64. The first-order valence-corrected chi connectivity index (χ1v) is 9.36. The van der Waals surface area contributed by atoms with Gasteiger partial charge in [0.15, 0.2) is 5.76 Å². The van der Waals surface area contributed by atoms with Gasteiger partial charge < -0.3 is 9.26 Å². The molecule has 0 aliphatic carbocycles. The van der Waals surface area contributed by atoms with Crippen LogP contribution in [0.1, 0.15) is 16.8 Å². The first-order chi connectivity index (χ1) is 13.8. The monoisotopic (exact) mass is 468 g/mol. The second kappa shape index (κ2) is 8.69. The zero-order chi connectivity index (χ0) is 21.0. The number of carbonyl (C=O) groups is 1. The number of halogens is 4. The Morgan fingerprint density at radius 2 is 1.86 bits per heavy atom. The summed E-state index contributed by atoms with van der Waals surface area (Å²) in [4.78, 5) is 12.1. The number of nitrogens with one attached hydrogen (secondary N) is 1. The summed E-state index contributed by atoms with van der Waals surface area (Å²) < 4.78 is 50.3. The van der Waals surface area contributed by atoms with Gasteiger partial charge in [-0.15, -0.1) is 0 Å². The van der Waals surface area contributed by atoms with Crippen molar-refractivity contribution in [3.05, 3.63) is 69.8 Å². The molecule has 3 rings (SSSR count). The minimum Gasteiger partial charge on any atom is -0.449 e. The fourth-order valence-electron chi connectivity index (χ4n) is 2.72. The molecule has 0 atom stereocenters. The van der Waals surface area contributed by atoms with E-state index in [0.29, 0.717) is 22.7 Å². The number of nitrogens with zero attached hydrogens (tertiary/aromatic N) is 1. The van der Waals surface area contributed by atoms with Gasteiger partial charge in [-0.2, -0.15) is 13.2 Å². The minimum absolute atomic E-state index is 0.0597. The Labute approximate surface area is 173 Å². The van der Waals surface area contributed by atoms with Crippen molar-refractivity contribution in [3.63, 3.8) is 0 Å². The summed E-state index contributed by atoms with van der Waals surface area (Å²) in [6.45, 7) is 1.44. The van der Waals surface area contributed by atoms with E-state index in [2.05, 4.69) is 26.4 Å². The van der Waals surface area contributed by atoms with Gasteiger partial charge in [0.2, 0.25) is 0 Å². The van der Waals surface area contributed by atoms with Gasteiger partial charge in [0.1, 0.15) is 11.4 Å². The first-order valence-electron chi connectivity index (χ1n) is 8.57. The molecule has 9 heteroatoms. The maximum Gasteiger partial charge on any atom is 0.416 e. The first kappa shape index (κ1) is 20.9. The number of hydrogen-bond acceptors (Lipinski definition) is 4. The van der Waals surface area contributed by atoms with Gasteiger partial charge >= 0.3 is 12.3 Å². The van der Waals surface area contributed by atoms with E-state index in [9.17, 15) is 18.0 Å². The smallest absolute Gasteiger partial charge is 0.416 e. The average molecular weight is 469 g/mol. The fourth-order valence-corrected chi connectivity index (χ4v) is 2.99. The lowest BCUT2D eigenvalue weighted by atomic mass is 10.0. The molecule has 0 fully saturated rings. The van der Waals surface area contributed by atoms with Crippen molar-refractivity contribution in [1.82, 2.24) is 5.16 Å². The summed E-state index contributed by atoms with van der Waals surface area (Å²) >= 11 is 3.34. The molecule has 3 aromatic rings. The van der Waals surface area contributed by atoms with E-state index in [1.165, 1.54) is 18.2 Å². The standard InChI is InChI=1S/C20H16BrF3N2O3/c1-12-17(18(29-26-12)14-6-8-15(21)9-7-14)25-19(27)28-11-10-13-4-2-3-5-16(13)20(22,23)24/h2-9H,10-11H2,1H3,(H,25,27). The van der Waals surface area contributed by atoms with E-state index < -0.39 is 17.8 Å². The zero-order valence-corrected chi connectivity index (χ0v) is 16.8. The molecule has 0 aliphatic rings. The summed E-state index contributed by atoms with van der Waals surface area (Å²) in [7, 11) is 0. The van der Waals surface area contributed by atoms with Crippen molar-refractivity contribution in [2.24, 2.45) is 0 Å². The van der Waals surface area contributed by atoms with Crippen LogP contribution in [-0.4, -0.2) is 17.9 Å². The Morgan fingerprint density at radius 1 is 1.17 bits per heavy atom. The van der Waals surface area contributed by atoms with Crippen LogP contribution in [0.4, 0.5) is 23.7 Å². The zero-order valence-electron chi connectivity index (χ0n) is 15.2. The van der Waals surface area contributed by atoms with Crippen LogP contribution < -0.4 is 5.32 Å².